The highest BCUT2D eigenvalue weighted by molar-refractivity contribution is 6.32. The number of methoxy groups -OCH3 is 1. The normalized spacial score (nSPS) is 10.2. The molecule has 9 heteroatoms. The van der Waals surface area contributed by atoms with Crippen LogP contribution in [0.1, 0.15) is 31.1 Å². The molecule has 8 nitrogen and oxygen atoms in total. The summed E-state index contributed by atoms with van der Waals surface area (Å²) in [7, 11) is 1.41. The molecule has 0 saturated heterocycles. The van der Waals surface area contributed by atoms with Crippen molar-refractivity contribution in [2.45, 2.75) is 20.8 Å². The SMILES string of the molecule is CCOC(=O)NC(=O)COC(=O)c1cc(Cl)c(OCC(C)C)c(OC)c1. The number of hydrogen-bond donors (Lipinski definition) is 1. The van der Waals surface area contributed by atoms with Crippen LogP contribution < -0.4 is 14.8 Å². The van der Waals surface area contributed by atoms with Crippen molar-refractivity contribution in [2.24, 2.45) is 5.92 Å². The van der Waals surface area contributed by atoms with Crippen molar-refractivity contribution in [1.82, 2.24) is 5.32 Å². The van der Waals surface area contributed by atoms with Gasteiger partial charge in [0.05, 0.1) is 30.9 Å². The Labute approximate surface area is 156 Å². The highest BCUT2D eigenvalue weighted by Crippen LogP contribution is 2.36. The lowest BCUT2D eigenvalue weighted by Crippen LogP contribution is -2.34. The van der Waals surface area contributed by atoms with Crippen molar-refractivity contribution < 1.29 is 33.3 Å². The second-order valence-electron chi connectivity index (χ2n) is 5.54. The third kappa shape index (κ3) is 6.79. The van der Waals surface area contributed by atoms with E-state index in [9.17, 15) is 14.4 Å². The molecule has 0 bridgehead atoms. The van der Waals surface area contributed by atoms with Gasteiger partial charge in [-0.05, 0) is 25.0 Å². The summed E-state index contributed by atoms with van der Waals surface area (Å²) < 4.78 is 20.2. The minimum absolute atomic E-state index is 0.0766. The van der Waals surface area contributed by atoms with E-state index >= 15 is 0 Å². The van der Waals surface area contributed by atoms with E-state index in [0.29, 0.717) is 12.4 Å². The van der Waals surface area contributed by atoms with Gasteiger partial charge in [0.1, 0.15) is 0 Å². The standard InChI is InChI=1S/C17H22ClNO7/c1-5-24-17(22)19-14(20)9-26-16(21)11-6-12(18)15(13(7-11)23-4)25-8-10(2)3/h6-7,10H,5,8-9H2,1-4H3,(H,19,20,22). The van der Waals surface area contributed by atoms with Gasteiger partial charge >= 0.3 is 12.1 Å². The first-order valence-electron chi connectivity index (χ1n) is 7.92. The fraction of sp³-hybridized carbons (Fsp3) is 0.471. The van der Waals surface area contributed by atoms with Crippen molar-refractivity contribution in [3.63, 3.8) is 0 Å². The van der Waals surface area contributed by atoms with Crippen molar-refractivity contribution in [1.29, 1.82) is 0 Å². The van der Waals surface area contributed by atoms with Crippen LogP contribution in [0.25, 0.3) is 0 Å². The molecule has 0 atom stereocenters. The molecule has 0 fully saturated rings. The van der Waals surface area contributed by atoms with Gasteiger partial charge < -0.3 is 18.9 Å². The zero-order valence-electron chi connectivity index (χ0n) is 15.1. The van der Waals surface area contributed by atoms with E-state index in [1.54, 1.807) is 6.92 Å². The molecule has 0 aliphatic carbocycles. The summed E-state index contributed by atoms with van der Waals surface area (Å²) in [6, 6.07) is 2.75. The molecule has 0 radical (unpaired) electrons. The average Bonchev–Trinajstić information content (AvgIpc) is 2.57. The van der Waals surface area contributed by atoms with E-state index in [0.717, 1.165) is 0 Å². The van der Waals surface area contributed by atoms with Crippen LogP contribution in [0.2, 0.25) is 5.02 Å². The molecule has 0 unspecified atom stereocenters. The summed E-state index contributed by atoms with van der Waals surface area (Å²) in [6.45, 7) is 5.44. The number of esters is 1. The molecule has 0 aliphatic rings. The van der Waals surface area contributed by atoms with E-state index in [4.69, 9.17) is 25.8 Å². The molecule has 0 spiro atoms. The van der Waals surface area contributed by atoms with Crippen LogP contribution in [0.5, 0.6) is 11.5 Å². The number of rotatable bonds is 8. The number of carbonyl (C=O) groups excluding carboxylic acids is 3. The summed E-state index contributed by atoms with van der Waals surface area (Å²) >= 11 is 6.15. The zero-order chi connectivity index (χ0) is 19.7. The molecular weight excluding hydrogens is 366 g/mol. The van der Waals surface area contributed by atoms with Crippen molar-refractivity contribution in [2.75, 3.05) is 26.9 Å². The molecule has 0 aromatic heterocycles. The summed E-state index contributed by atoms with van der Waals surface area (Å²) in [5, 5.41) is 2.08. The lowest BCUT2D eigenvalue weighted by atomic mass is 10.2. The van der Waals surface area contributed by atoms with Crippen molar-refractivity contribution >= 4 is 29.6 Å². The van der Waals surface area contributed by atoms with Gasteiger partial charge in [0, 0.05) is 0 Å². The van der Waals surface area contributed by atoms with Gasteiger partial charge in [0.2, 0.25) is 0 Å². The Bertz CT molecular complexity index is 661. The maximum Gasteiger partial charge on any atom is 0.413 e. The predicted octanol–water partition coefficient (Wildman–Crippen LogP) is 2.81. The van der Waals surface area contributed by atoms with Gasteiger partial charge in [-0.3, -0.25) is 10.1 Å². The van der Waals surface area contributed by atoms with E-state index in [1.807, 2.05) is 19.2 Å². The Hall–Kier alpha value is -2.48. The zero-order valence-corrected chi connectivity index (χ0v) is 15.8. The Balaban J connectivity index is 2.76. The van der Waals surface area contributed by atoms with Crippen molar-refractivity contribution in [3.8, 4) is 11.5 Å². The number of nitrogens with one attached hydrogen (secondary N) is 1. The third-order valence-corrected chi connectivity index (χ3v) is 3.16. The van der Waals surface area contributed by atoms with E-state index in [1.165, 1.54) is 19.2 Å². The molecule has 144 valence electrons. The number of alkyl carbamates (subject to hydrolysis) is 1. The van der Waals surface area contributed by atoms with E-state index in [2.05, 4.69) is 4.74 Å². The van der Waals surface area contributed by atoms with Crippen molar-refractivity contribution in [3.05, 3.63) is 22.7 Å². The number of ether oxygens (including phenoxy) is 4. The first-order valence-corrected chi connectivity index (χ1v) is 8.30. The number of amides is 2. The monoisotopic (exact) mass is 387 g/mol. The van der Waals surface area contributed by atoms with Gasteiger partial charge in [-0.25, -0.2) is 9.59 Å². The van der Waals surface area contributed by atoms with Crippen LogP contribution in [-0.2, 0) is 14.3 Å². The third-order valence-electron chi connectivity index (χ3n) is 2.88. The number of halogens is 1. The Kier molecular flexibility index (Phi) is 8.71. The minimum atomic E-state index is -0.912. The van der Waals surface area contributed by atoms with Gasteiger partial charge in [-0.2, -0.15) is 0 Å². The molecule has 1 N–H and O–H groups in total. The summed E-state index contributed by atoms with van der Waals surface area (Å²) in [5.41, 5.74) is 0.0766. The Morgan fingerprint density at radius 3 is 2.46 bits per heavy atom. The van der Waals surface area contributed by atoms with Gasteiger partial charge in [-0.1, -0.05) is 25.4 Å². The Morgan fingerprint density at radius 2 is 1.88 bits per heavy atom. The molecule has 2 amide bonds. The smallest absolute Gasteiger partial charge is 0.413 e. The molecular formula is C17H22ClNO7. The van der Waals surface area contributed by atoms with Gasteiger partial charge in [0.15, 0.2) is 18.1 Å². The number of hydrogen-bond acceptors (Lipinski definition) is 7. The molecule has 0 heterocycles. The minimum Gasteiger partial charge on any atom is -0.493 e. The molecule has 0 saturated carbocycles. The molecule has 1 aromatic carbocycles. The van der Waals surface area contributed by atoms with E-state index in [-0.39, 0.29) is 28.9 Å². The quantitative estimate of drug-likeness (QED) is 0.684. The van der Waals surface area contributed by atoms with Crippen LogP contribution in [0, 0.1) is 5.92 Å². The number of imide groups is 1. The van der Waals surface area contributed by atoms with E-state index < -0.39 is 24.6 Å². The molecule has 26 heavy (non-hydrogen) atoms. The highest BCUT2D eigenvalue weighted by atomic mass is 35.5. The summed E-state index contributed by atoms with van der Waals surface area (Å²) in [5.74, 6) is -0.759. The molecule has 0 aliphatic heterocycles. The van der Waals surface area contributed by atoms with Crippen LogP contribution >= 0.6 is 11.6 Å². The maximum absolute atomic E-state index is 12.1. The van der Waals surface area contributed by atoms with Crippen LogP contribution in [-0.4, -0.2) is 44.9 Å². The second-order valence-corrected chi connectivity index (χ2v) is 5.95. The Morgan fingerprint density at radius 1 is 1.19 bits per heavy atom. The fourth-order valence-electron chi connectivity index (χ4n) is 1.76. The average molecular weight is 388 g/mol. The summed E-state index contributed by atoms with van der Waals surface area (Å²) in [4.78, 5) is 34.7. The highest BCUT2D eigenvalue weighted by Gasteiger charge is 2.18. The molecule has 1 rings (SSSR count). The number of carbonyl (C=O) groups is 3. The maximum atomic E-state index is 12.1. The van der Waals surface area contributed by atoms with Crippen LogP contribution in [0.3, 0.4) is 0 Å². The first kappa shape index (κ1) is 21.6. The largest absolute Gasteiger partial charge is 0.493 e. The number of benzene rings is 1. The lowest BCUT2D eigenvalue weighted by Gasteiger charge is -2.15. The van der Waals surface area contributed by atoms with Gasteiger partial charge in [0.25, 0.3) is 5.91 Å². The second kappa shape index (κ2) is 10.5. The van der Waals surface area contributed by atoms with Gasteiger partial charge in [-0.15, -0.1) is 0 Å². The predicted molar refractivity (Wildman–Crippen MR) is 93.8 cm³/mol. The molecule has 1 aromatic rings. The first-order chi connectivity index (χ1) is 12.3. The van der Waals surface area contributed by atoms with Crippen LogP contribution in [0.4, 0.5) is 4.79 Å². The fourth-order valence-corrected chi connectivity index (χ4v) is 2.02. The lowest BCUT2D eigenvalue weighted by molar-refractivity contribution is -0.123. The topological polar surface area (TPSA) is 100 Å². The van der Waals surface area contributed by atoms with Crippen LogP contribution in [0.15, 0.2) is 12.1 Å². The summed E-state index contributed by atoms with van der Waals surface area (Å²) in [6.07, 6.45) is -0.912.